The summed E-state index contributed by atoms with van der Waals surface area (Å²) in [5.41, 5.74) is 8.27. The van der Waals surface area contributed by atoms with Gasteiger partial charge in [0.15, 0.2) is 17.2 Å². The van der Waals surface area contributed by atoms with Crippen LogP contribution in [0.2, 0.25) is 0 Å². The highest BCUT2D eigenvalue weighted by Gasteiger charge is 2.24. The lowest BCUT2D eigenvalue weighted by atomic mass is 10.1. The van der Waals surface area contributed by atoms with Gasteiger partial charge < -0.3 is 20.9 Å². The third kappa shape index (κ3) is 5.60. The van der Waals surface area contributed by atoms with Gasteiger partial charge in [-0.15, -0.1) is 0 Å². The van der Waals surface area contributed by atoms with Gasteiger partial charge >= 0.3 is 0 Å². The fourth-order valence-corrected chi connectivity index (χ4v) is 4.47. The molecule has 0 radical (unpaired) electrons. The van der Waals surface area contributed by atoms with E-state index in [1.165, 1.54) is 6.42 Å². The van der Waals surface area contributed by atoms with Crippen LogP contribution in [-0.2, 0) is 11.3 Å². The number of nitrogens with two attached hydrogens (primary N) is 1. The Morgan fingerprint density at radius 1 is 1.32 bits per heavy atom. The number of hydrogen-bond acceptors (Lipinski definition) is 8. The Morgan fingerprint density at radius 2 is 2.10 bits per heavy atom. The molecule has 1 amide bonds. The normalized spacial score (nSPS) is 16.2. The Morgan fingerprint density at radius 3 is 2.68 bits per heavy atom. The van der Waals surface area contributed by atoms with Crippen LogP contribution >= 0.6 is 7.92 Å². The van der Waals surface area contributed by atoms with Crippen LogP contribution < -0.4 is 26.4 Å². The lowest BCUT2D eigenvalue weighted by molar-refractivity contribution is -0.107. The maximum Gasteiger partial charge on any atom is 0.215 e. The second kappa shape index (κ2) is 10.2. The topological polar surface area (TPSA) is 104 Å². The maximum absolute atomic E-state index is 11.9. The minimum Gasteiger partial charge on any atom is -0.382 e. The second-order valence-corrected chi connectivity index (χ2v) is 10.6. The van der Waals surface area contributed by atoms with E-state index in [2.05, 4.69) is 57.5 Å². The van der Waals surface area contributed by atoms with Gasteiger partial charge in [0.1, 0.15) is 11.5 Å². The van der Waals surface area contributed by atoms with Crippen LogP contribution in [0, 0.1) is 5.92 Å². The summed E-state index contributed by atoms with van der Waals surface area (Å²) in [6.07, 6.45) is 3.80. The van der Waals surface area contributed by atoms with Crippen molar-refractivity contribution in [2.75, 3.05) is 75.0 Å². The van der Waals surface area contributed by atoms with Crippen molar-refractivity contribution in [3.63, 3.8) is 0 Å². The number of hydrogen-bond donors (Lipinski definition) is 2. The first-order chi connectivity index (χ1) is 14.8. The van der Waals surface area contributed by atoms with E-state index in [1.54, 1.807) is 11.9 Å². The number of rotatable bonds is 9. The molecule has 31 heavy (non-hydrogen) atoms. The molecule has 0 aromatic carbocycles. The summed E-state index contributed by atoms with van der Waals surface area (Å²) in [5, 5.41) is 3.03. The van der Waals surface area contributed by atoms with Gasteiger partial charge in [-0.3, -0.25) is 9.69 Å². The number of carbonyl (C=O) groups excluding carboxylic acids is 1. The number of carbonyl (C=O) groups is 1. The molecule has 0 saturated carbocycles. The monoisotopic (exact) mass is 444 g/mol. The molecule has 9 nitrogen and oxygen atoms in total. The van der Waals surface area contributed by atoms with E-state index in [0.29, 0.717) is 35.4 Å². The standard InChI is InChI=1S/C21H33N8OP/c1-23-18-19(22)25-21(31(4)5)26-20(18)29(14-30)12-15-6-7-17(24-10-15)28-9-8-16(13-28)11-27(2)3/h6-7,10,14,16,23H,8-9,11-13H2,1-5H3,(H2,22,25,26). The molecule has 1 saturated heterocycles. The average molecular weight is 445 g/mol. The summed E-state index contributed by atoms with van der Waals surface area (Å²) in [6.45, 7) is 7.62. The molecule has 2 aromatic heterocycles. The number of nitrogen functional groups attached to an aromatic ring is 1. The number of anilines is 4. The van der Waals surface area contributed by atoms with Crippen molar-refractivity contribution in [3.05, 3.63) is 23.9 Å². The zero-order valence-corrected chi connectivity index (χ0v) is 19.9. The number of pyridine rings is 1. The van der Waals surface area contributed by atoms with Crippen LogP contribution in [0.5, 0.6) is 0 Å². The van der Waals surface area contributed by atoms with Gasteiger partial charge in [-0.25, -0.2) is 15.0 Å². The number of nitrogens with one attached hydrogen (secondary N) is 1. The predicted octanol–water partition coefficient (Wildman–Crippen LogP) is 1.41. The molecule has 0 aliphatic carbocycles. The zero-order chi connectivity index (χ0) is 22.5. The summed E-state index contributed by atoms with van der Waals surface area (Å²) < 4.78 is 0. The fraction of sp³-hybridized carbons (Fsp3) is 0.524. The molecule has 1 fully saturated rings. The van der Waals surface area contributed by atoms with E-state index in [1.807, 2.05) is 18.3 Å². The Hall–Kier alpha value is -2.51. The van der Waals surface area contributed by atoms with Crippen LogP contribution in [0.15, 0.2) is 18.3 Å². The molecule has 168 valence electrons. The van der Waals surface area contributed by atoms with Crippen molar-refractivity contribution >= 4 is 43.0 Å². The predicted molar refractivity (Wildman–Crippen MR) is 130 cm³/mol. The minimum atomic E-state index is -0.547. The van der Waals surface area contributed by atoms with E-state index in [-0.39, 0.29) is 0 Å². The Bertz CT molecular complexity index is 890. The molecule has 1 aliphatic heterocycles. The van der Waals surface area contributed by atoms with Crippen LogP contribution in [0.1, 0.15) is 12.0 Å². The van der Waals surface area contributed by atoms with Gasteiger partial charge in [0.25, 0.3) is 0 Å². The summed E-state index contributed by atoms with van der Waals surface area (Å²) in [4.78, 5) is 31.7. The van der Waals surface area contributed by atoms with Crippen molar-refractivity contribution < 1.29 is 4.79 Å². The highest BCUT2D eigenvalue weighted by atomic mass is 31.1. The highest BCUT2D eigenvalue weighted by molar-refractivity contribution is 7.63. The van der Waals surface area contributed by atoms with Crippen LogP contribution in [-0.4, -0.2) is 80.4 Å². The zero-order valence-electron chi connectivity index (χ0n) is 19.0. The SMILES string of the molecule is CNc1c(N)nc(P(C)C)nc1N(C=O)Cc1ccc(N2CCC(CN(C)C)C2)nc1. The van der Waals surface area contributed by atoms with E-state index in [9.17, 15) is 4.79 Å². The quantitative estimate of drug-likeness (QED) is 0.442. The Labute approximate surface area is 185 Å². The molecule has 2 aromatic rings. The van der Waals surface area contributed by atoms with E-state index in [4.69, 9.17) is 5.73 Å². The van der Waals surface area contributed by atoms with Gasteiger partial charge in [0.2, 0.25) is 6.41 Å². The van der Waals surface area contributed by atoms with Crippen molar-refractivity contribution in [2.45, 2.75) is 13.0 Å². The molecule has 1 aliphatic rings. The number of amides is 1. The van der Waals surface area contributed by atoms with Crippen LogP contribution in [0.4, 0.5) is 23.1 Å². The molecule has 1 unspecified atom stereocenters. The third-order valence-corrected chi connectivity index (χ3v) is 6.35. The molecule has 1 atom stereocenters. The van der Waals surface area contributed by atoms with Crippen molar-refractivity contribution in [1.29, 1.82) is 0 Å². The van der Waals surface area contributed by atoms with E-state index < -0.39 is 7.92 Å². The minimum absolute atomic E-state index is 0.348. The summed E-state index contributed by atoms with van der Waals surface area (Å²) in [5.74, 6) is 2.49. The molecule has 0 bridgehead atoms. The van der Waals surface area contributed by atoms with Gasteiger partial charge in [0, 0.05) is 32.9 Å². The first-order valence-electron chi connectivity index (χ1n) is 10.4. The molecule has 3 heterocycles. The number of aromatic nitrogens is 3. The highest BCUT2D eigenvalue weighted by Crippen LogP contribution is 2.31. The summed E-state index contributed by atoms with van der Waals surface area (Å²) in [6, 6.07) is 4.06. The molecule has 0 spiro atoms. The second-order valence-electron chi connectivity index (χ2n) is 8.37. The van der Waals surface area contributed by atoms with Gasteiger partial charge in [-0.1, -0.05) is 6.07 Å². The van der Waals surface area contributed by atoms with Crippen LogP contribution in [0.25, 0.3) is 0 Å². The molecule has 10 heteroatoms. The molecular formula is C21H33N8OP. The van der Waals surface area contributed by atoms with Gasteiger partial charge in [-0.05, 0) is 59.3 Å². The summed E-state index contributed by atoms with van der Waals surface area (Å²) >= 11 is 0. The van der Waals surface area contributed by atoms with Gasteiger partial charge in [0.05, 0.1) is 6.54 Å². The first kappa shape index (κ1) is 23.2. The first-order valence-corrected chi connectivity index (χ1v) is 12.6. The number of nitrogens with zero attached hydrogens (tertiary/aromatic N) is 6. The largest absolute Gasteiger partial charge is 0.382 e. The van der Waals surface area contributed by atoms with Crippen LogP contribution in [0.3, 0.4) is 0 Å². The molecular weight excluding hydrogens is 411 g/mol. The van der Waals surface area contributed by atoms with Gasteiger partial charge in [-0.2, -0.15) is 0 Å². The fourth-order valence-electron chi connectivity index (χ4n) is 3.86. The molecule has 3 N–H and O–H groups in total. The van der Waals surface area contributed by atoms with Crippen molar-refractivity contribution in [3.8, 4) is 0 Å². The lowest BCUT2D eigenvalue weighted by Gasteiger charge is -2.22. The van der Waals surface area contributed by atoms with Crippen molar-refractivity contribution in [1.82, 2.24) is 19.9 Å². The molecule has 3 rings (SSSR count). The lowest BCUT2D eigenvalue weighted by Crippen LogP contribution is -2.27. The Kier molecular flexibility index (Phi) is 7.62. The smallest absolute Gasteiger partial charge is 0.215 e. The third-order valence-electron chi connectivity index (χ3n) is 5.35. The maximum atomic E-state index is 11.9. The van der Waals surface area contributed by atoms with E-state index >= 15 is 0 Å². The average Bonchev–Trinajstić information content (AvgIpc) is 3.19. The summed E-state index contributed by atoms with van der Waals surface area (Å²) in [7, 11) is 5.43. The Balaban J connectivity index is 1.75. The van der Waals surface area contributed by atoms with E-state index in [0.717, 1.165) is 37.4 Å². The van der Waals surface area contributed by atoms with Crippen molar-refractivity contribution in [2.24, 2.45) is 5.92 Å².